The third kappa shape index (κ3) is 2.07. The molecule has 1 fully saturated rings. The summed E-state index contributed by atoms with van der Waals surface area (Å²) in [5.74, 6) is 2.36. The SMILES string of the molecule is COc1cc2nc(-c3ncc[nH]3)cc(C3CC3)c2cc1C. The molecule has 4 nitrogen and oxygen atoms in total. The van der Waals surface area contributed by atoms with Gasteiger partial charge in [-0.15, -0.1) is 0 Å². The smallest absolute Gasteiger partial charge is 0.156 e. The first-order valence-electron chi connectivity index (χ1n) is 7.25. The maximum absolute atomic E-state index is 5.44. The molecule has 0 aliphatic heterocycles. The van der Waals surface area contributed by atoms with Gasteiger partial charge in [0.25, 0.3) is 0 Å². The van der Waals surface area contributed by atoms with E-state index in [9.17, 15) is 0 Å². The number of pyridine rings is 1. The Morgan fingerprint density at radius 3 is 2.76 bits per heavy atom. The van der Waals surface area contributed by atoms with Crippen LogP contribution in [0.1, 0.15) is 29.9 Å². The van der Waals surface area contributed by atoms with Gasteiger partial charge < -0.3 is 9.72 Å². The Bertz CT molecular complexity index is 805. The van der Waals surface area contributed by atoms with E-state index in [4.69, 9.17) is 9.72 Å². The van der Waals surface area contributed by atoms with Crippen molar-refractivity contribution >= 4 is 10.9 Å². The van der Waals surface area contributed by atoms with Crippen molar-refractivity contribution in [1.29, 1.82) is 0 Å². The Labute approximate surface area is 123 Å². The molecule has 4 rings (SSSR count). The summed E-state index contributed by atoms with van der Waals surface area (Å²) in [6.07, 6.45) is 6.12. The quantitative estimate of drug-likeness (QED) is 0.793. The number of aromatic nitrogens is 3. The number of imidazole rings is 1. The summed E-state index contributed by atoms with van der Waals surface area (Å²) < 4.78 is 5.44. The van der Waals surface area contributed by atoms with Gasteiger partial charge in [0.2, 0.25) is 0 Å². The Morgan fingerprint density at radius 2 is 2.10 bits per heavy atom. The second-order valence-electron chi connectivity index (χ2n) is 5.65. The van der Waals surface area contributed by atoms with Gasteiger partial charge in [-0.25, -0.2) is 9.97 Å². The van der Waals surface area contributed by atoms with Gasteiger partial charge in [-0.2, -0.15) is 0 Å². The van der Waals surface area contributed by atoms with E-state index in [2.05, 4.69) is 29.0 Å². The number of nitrogens with one attached hydrogen (secondary N) is 1. The summed E-state index contributed by atoms with van der Waals surface area (Å²) in [7, 11) is 1.70. The molecule has 2 aromatic heterocycles. The fourth-order valence-electron chi connectivity index (χ4n) is 2.87. The van der Waals surface area contributed by atoms with Crippen LogP contribution in [-0.4, -0.2) is 22.1 Å². The zero-order chi connectivity index (χ0) is 14.4. The number of benzene rings is 1. The van der Waals surface area contributed by atoms with Crippen molar-refractivity contribution in [2.24, 2.45) is 0 Å². The number of aryl methyl sites for hydroxylation is 1. The first kappa shape index (κ1) is 12.4. The average molecular weight is 279 g/mol. The number of fused-ring (bicyclic) bond motifs is 1. The average Bonchev–Trinajstić information content (AvgIpc) is 3.19. The number of hydrogen-bond donors (Lipinski definition) is 1. The summed E-state index contributed by atoms with van der Waals surface area (Å²) in [6.45, 7) is 2.08. The Balaban J connectivity index is 2.00. The molecule has 1 aromatic carbocycles. The first-order valence-corrected chi connectivity index (χ1v) is 7.25. The van der Waals surface area contributed by atoms with E-state index in [0.717, 1.165) is 28.3 Å². The van der Waals surface area contributed by atoms with Crippen molar-refractivity contribution in [2.75, 3.05) is 7.11 Å². The van der Waals surface area contributed by atoms with Gasteiger partial charge in [0, 0.05) is 23.8 Å². The predicted molar refractivity (Wildman–Crippen MR) is 82.6 cm³/mol. The molecular weight excluding hydrogens is 262 g/mol. The minimum Gasteiger partial charge on any atom is -0.496 e. The number of aromatic amines is 1. The lowest BCUT2D eigenvalue weighted by molar-refractivity contribution is 0.412. The molecule has 3 aromatic rings. The van der Waals surface area contributed by atoms with Crippen molar-refractivity contribution in [3.05, 3.63) is 41.7 Å². The molecule has 21 heavy (non-hydrogen) atoms. The van der Waals surface area contributed by atoms with Crippen LogP contribution in [0.4, 0.5) is 0 Å². The molecule has 0 amide bonds. The van der Waals surface area contributed by atoms with Crippen LogP contribution in [-0.2, 0) is 0 Å². The number of rotatable bonds is 3. The molecule has 1 N–H and O–H groups in total. The monoisotopic (exact) mass is 279 g/mol. The summed E-state index contributed by atoms with van der Waals surface area (Å²) in [5, 5.41) is 1.24. The van der Waals surface area contributed by atoms with E-state index in [0.29, 0.717) is 5.92 Å². The molecule has 0 radical (unpaired) electrons. The molecule has 1 saturated carbocycles. The van der Waals surface area contributed by atoms with Crippen LogP contribution in [0.5, 0.6) is 5.75 Å². The van der Waals surface area contributed by atoms with Crippen LogP contribution in [0, 0.1) is 6.92 Å². The molecule has 106 valence electrons. The Kier molecular flexibility index (Phi) is 2.70. The lowest BCUT2D eigenvalue weighted by Gasteiger charge is -2.11. The zero-order valence-electron chi connectivity index (χ0n) is 12.2. The Morgan fingerprint density at radius 1 is 1.24 bits per heavy atom. The minimum absolute atomic E-state index is 0.664. The van der Waals surface area contributed by atoms with E-state index in [1.165, 1.54) is 23.8 Å². The number of methoxy groups -OCH3 is 1. The van der Waals surface area contributed by atoms with Crippen molar-refractivity contribution in [2.45, 2.75) is 25.7 Å². The van der Waals surface area contributed by atoms with E-state index < -0.39 is 0 Å². The van der Waals surface area contributed by atoms with Crippen molar-refractivity contribution < 1.29 is 4.74 Å². The highest BCUT2D eigenvalue weighted by Gasteiger charge is 2.27. The van der Waals surface area contributed by atoms with Gasteiger partial charge in [-0.3, -0.25) is 0 Å². The third-order valence-corrected chi connectivity index (χ3v) is 4.12. The van der Waals surface area contributed by atoms with Gasteiger partial charge in [-0.1, -0.05) is 0 Å². The van der Waals surface area contributed by atoms with E-state index in [-0.39, 0.29) is 0 Å². The highest BCUT2D eigenvalue weighted by atomic mass is 16.5. The second-order valence-corrected chi connectivity index (χ2v) is 5.65. The molecule has 0 saturated heterocycles. The molecular formula is C17H17N3O. The molecule has 2 heterocycles. The van der Waals surface area contributed by atoms with Crippen LogP contribution >= 0.6 is 0 Å². The maximum atomic E-state index is 5.44. The van der Waals surface area contributed by atoms with Crippen molar-refractivity contribution in [1.82, 2.24) is 15.0 Å². The fourth-order valence-corrected chi connectivity index (χ4v) is 2.87. The summed E-state index contributed by atoms with van der Waals surface area (Å²) >= 11 is 0. The molecule has 1 aliphatic carbocycles. The first-order chi connectivity index (χ1) is 10.3. The molecule has 4 heteroatoms. The topological polar surface area (TPSA) is 50.8 Å². The number of nitrogens with zero attached hydrogens (tertiary/aromatic N) is 2. The standard InChI is InChI=1S/C17H17N3O/c1-10-7-13-12(11-3-4-11)8-15(17-18-5-6-19-17)20-14(13)9-16(10)21-2/h5-9,11H,3-4H2,1-2H3,(H,18,19). The summed E-state index contributed by atoms with van der Waals surface area (Å²) in [4.78, 5) is 12.2. The zero-order valence-corrected chi connectivity index (χ0v) is 12.2. The molecule has 0 unspecified atom stereocenters. The highest BCUT2D eigenvalue weighted by molar-refractivity contribution is 5.87. The van der Waals surface area contributed by atoms with Crippen molar-refractivity contribution in [3.8, 4) is 17.3 Å². The number of H-pyrrole nitrogens is 1. The third-order valence-electron chi connectivity index (χ3n) is 4.12. The van der Waals surface area contributed by atoms with Gasteiger partial charge in [0.15, 0.2) is 5.82 Å². The van der Waals surface area contributed by atoms with Gasteiger partial charge in [0.05, 0.1) is 12.6 Å². The lowest BCUT2D eigenvalue weighted by Crippen LogP contribution is -1.95. The minimum atomic E-state index is 0.664. The predicted octanol–water partition coefficient (Wildman–Crippen LogP) is 3.82. The number of ether oxygens (including phenoxy) is 1. The van der Waals surface area contributed by atoms with Crippen molar-refractivity contribution in [3.63, 3.8) is 0 Å². The van der Waals surface area contributed by atoms with Crippen LogP contribution in [0.2, 0.25) is 0 Å². The van der Waals surface area contributed by atoms with E-state index in [1.807, 2.05) is 12.3 Å². The maximum Gasteiger partial charge on any atom is 0.156 e. The van der Waals surface area contributed by atoms with Gasteiger partial charge in [-0.05, 0) is 48.9 Å². The number of hydrogen-bond acceptors (Lipinski definition) is 3. The summed E-state index contributed by atoms with van der Waals surface area (Å²) in [5.41, 5.74) is 4.42. The molecule has 1 aliphatic rings. The summed E-state index contributed by atoms with van der Waals surface area (Å²) in [6, 6.07) is 6.41. The Hall–Kier alpha value is -2.36. The van der Waals surface area contributed by atoms with Crippen LogP contribution in [0.25, 0.3) is 22.4 Å². The van der Waals surface area contributed by atoms with Crippen LogP contribution in [0.3, 0.4) is 0 Å². The van der Waals surface area contributed by atoms with E-state index >= 15 is 0 Å². The largest absolute Gasteiger partial charge is 0.496 e. The second kappa shape index (κ2) is 4.58. The molecule has 0 atom stereocenters. The molecule has 0 bridgehead atoms. The van der Waals surface area contributed by atoms with Gasteiger partial charge >= 0.3 is 0 Å². The highest BCUT2D eigenvalue weighted by Crippen LogP contribution is 2.44. The van der Waals surface area contributed by atoms with Crippen LogP contribution < -0.4 is 4.74 Å². The fraction of sp³-hybridized carbons (Fsp3) is 0.294. The normalized spacial score (nSPS) is 14.6. The van der Waals surface area contributed by atoms with Gasteiger partial charge in [0.1, 0.15) is 11.4 Å². The van der Waals surface area contributed by atoms with E-state index in [1.54, 1.807) is 13.3 Å². The lowest BCUT2D eigenvalue weighted by atomic mass is 10.0. The molecule has 0 spiro atoms. The van der Waals surface area contributed by atoms with Crippen LogP contribution in [0.15, 0.2) is 30.6 Å².